The van der Waals surface area contributed by atoms with Crippen molar-refractivity contribution in [3.63, 3.8) is 0 Å². The van der Waals surface area contributed by atoms with Gasteiger partial charge in [0.15, 0.2) is 0 Å². The van der Waals surface area contributed by atoms with Crippen molar-refractivity contribution < 1.29 is 4.74 Å². The molecule has 2 N–H and O–H groups in total. The summed E-state index contributed by atoms with van der Waals surface area (Å²) in [6.07, 6.45) is 7.13. The van der Waals surface area contributed by atoms with E-state index in [4.69, 9.17) is 4.74 Å². The number of aromatic nitrogens is 2. The SMILES string of the molecule is CNc1cncc(NCCCOCC2CC2)n1. The highest BCUT2D eigenvalue weighted by Gasteiger charge is 2.20. The molecule has 1 saturated carbocycles. The highest BCUT2D eigenvalue weighted by atomic mass is 16.5. The molecule has 1 aliphatic rings. The van der Waals surface area contributed by atoms with Crippen LogP contribution in [0, 0.1) is 5.92 Å². The molecule has 0 aliphatic heterocycles. The smallest absolute Gasteiger partial charge is 0.146 e. The van der Waals surface area contributed by atoms with Gasteiger partial charge in [0.05, 0.1) is 12.4 Å². The van der Waals surface area contributed by atoms with Crippen molar-refractivity contribution in [2.75, 3.05) is 37.4 Å². The minimum absolute atomic E-state index is 0.778. The molecule has 1 aromatic heterocycles. The van der Waals surface area contributed by atoms with E-state index in [2.05, 4.69) is 20.6 Å². The Morgan fingerprint density at radius 1 is 1.35 bits per heavy atom. The molecular formula is C12H20N4O. The van der Waals surface area contributed by atoms with E-state index in [1.807, 2.05) is 7.05 Å². The van der Waals surface area contributed by atoms with E-state index in [0.29, 0.717) is 0 Å². The van der Waals surface area contributed by atoms with Gasteiger partial charge >= 0.3 is 0 Å². The third-order valence-corrected chi connectivity index (χ3v) is 2.71. The molecular weight excluding hydrogens is 216 g/mol. The lowest BCUT2D eigenvalue weighted by Gasteiger charge is -2.07. The van der Waals surface area contributed by atoms with Gasteiger partial charge in [-0.3, -0.25) is 4.98 Å². The van der Waals surface area contributed by atoms with Gasteiger partial charge in [-0.2, -0.15) is 0 Å². The zero-order valence-electron chi connectivity index (χ0n) is 10.3. The van der Waals surface area contributed by atoms with Crippen LogP contribution in [0.25, 0.3) is 0 Å². The Balaban J connectivity index is 1.56. The molecule has 17 heavy (non-hydrogen) atoms. The average molecular weight is 236 g/mol. The van der Waals surface area contributed by atoms with Crippen molar-refractivity contribution in [1.29, 1.82) is 0 Å². The molecule has 0 spiro atoms. The summed E-state index contributed by atoms with van der Waals surface area (Å²) in [5, 5.41) is 6.19. The summed E-state index contributed by atoms with van der Waals surface area (Å²) >= 11 is 0. The first kappa shape index (κ1) is 12.1. The molecule has 1 heterocycles. The van der Waals surface area contributed by atoms with Crippen molar-refractivity contribution in [2.45, 2.75) is 19.3 Å². The number of anilines is 2. The van der Waals surface area contributed by atoms with Gasteiger partial charge in [-0.05, 0) is 25.2 Å². The van der Waals surface area contributed by atoms with Crippen LogP contribution >= 0.6 is 0 Å². The van der Waals surface area contributed by atoms with Crippen LogP contribution in [0.4, 0.5) is 11.6 Å². The van der Waals surface area contributed by atoms with Gasteiger partial charge in [-0.25, -0.2) is 4.98 Å². The van der Waals surface area contributed by atoms with Crippen molar-refractivity contribution >= 4 is 11.6 Å². The number of nitrogens with zero attached hydrogens (tertiary/aromatic N) is 2. The Hall–Kier alpha value is -1.36. The molecule has 0 unspecified atom stereocenters. The van der Waals surface area contributed by atoms with E-state index in [1.54, 1.807) is 12.4 Å². The van der Waals surface area contributed by atoms with Crippen LogP contribution in [-0.2, 0) is 4.74 Å². The van der Waals surface area contributed by atoms with Gasteiger partial charge in [-0.1, -0.05) is 0 Å². The second-order valence-corrected chi connectivity index (χ2v) is 4.34. The minimum Gasteiger partial charge on any atom is -0.381 e. The summed E-state index contributed by atoms with van der Waals surface area (Å²) in [6.45, 7) is 2.63. The van der Waals surface area contributed by atoms with E-state index in [-0.39, 0.29) is 0 Å². The molecule has 0 bridgehead atoms. The predicted molar refractivity (Wildman–Crippen MR) is 68.2 cm³/mol. The first-order valence-electron chi connectivity index (χ1n) is 6.20. The average Bonchev–Trinajstić information content (AvgIpc) is 3.18. The number of rotatable bonds is 8. The summed E-state index contributed by atoms with van der Waals surface area (Å²) in [5.74, 6) is 2.43. The molecule has 1 aliphatic carbocycles. The normalized spacial score (nSPS) is 14.6. The summed E-state index contributed by atoms with van der Waals surface area (Å²) in [4.78, 5) is 8.40. The third kappa shape index (κ3) is 4.56. The van der Waals surface area contributed by atoms with E-state index < -0.39 is 0 Å². The molecule has 0 atom stereocenters. The molecule has 1 aromatic rings. The quantitative estimate of drug-likeness (QED) is 0.673. The van der Waals surface area contributed by atoms with E-state index in [1.165, 1.54) is 12.8 Å². The fraction of sp³-hybridized carbons (Fsp3) is 0.667. The highest BCUT2D eigenvalue weighted by Crippen LogP contribution is 2.28. The van der Waals surface area contributed by atoms with Gasteiger partial charge in [0.2, 0.25) is 0 Å². The van der Waals surface area contributed by atoms with Crippen molar-refractivity contribution in [3.8, 4) is 0 Å². The second-order valence-electron chi connectivity index (χ2n) is 4.34. The first-order valence-corrected chi connectivity index (χ1v) is 6.20. The van der Waals surface area contributed by atoms with Gasteiger partial charge in [-0.15, -0.1) is 0 Å². The minimum atomic E-state index is 0.778. The number of ether oxygens (including phenoxy) is 1. The van der Waals surface area contributed by atoms with E-state index in [0.717, 1.165) is 43.7 Å². The van der Waals surface area contributed by atoms with Gasteiger partial charge < -0.3 is 15.4 Å². The van der Waals surface area contributed by atoms with E-state index >= 15 is 0 Å². The molecule has 1 fully saturated rings. The molecule has 0 saturated heterocycles. The number of hydrogen-bond donors (Lipinski definition) is 2. The molecule has 0 amide bonds. The Morgan fingerprint density at radius 3 is 2.94 bits per heavy atom. The zero-order chi connectivity index (χ0) is 11.9. The van der Waals surface area contributed by atoms with Gasteiger partial charge in [0.25, 0.3) is 0 Å². The van der Waals surface area contributed by atoms with Crippen molar-refractivity contribution in [1.82, 2.24) is 9.97 Å². The first-order chi connectivity index (χ1) is 8.38. The Bertz CT molecular complexity index is 341. The van der Waals surface area contributed by atoms with Crippen LogP contribution in [-0.4, -0.2) is 36.8 Å². The standard InChI is InChI=1S/C12H20N4O/c1-13-11-7-14-8-12(16-11)15-5-2-6-17-9-10-3-4-10/h7-8,10H,2-6,9H2,1H3,(H2,13,15,16). The van der Waals surface area contributed by atoms with E-state index in [9.17, 15) is 0 Å². The number of hydrogen-bond acceptors (Lipinski definition) is 5. The largest absolute Gasteiger partial charge is 0.381 e. The maximum Gasteiger partial charge on any atom is 0.146 e. The lowest BCUT2D eigenvalue weighted by Crippen LogP contribution is -2.08. The molecule has 5 nitrogen and oxygen atoms in total. The maximum atomic E-state index is 5.55. The topological polar surface area (TPSA) is 59.1 Å². The van der Waals surface area contributed by atoms with Gasteiger partial charge in [0, 0.05) is 26.8 Å². The molecule has 0 aromatic carbocycles. The van der Waals surface area contributed by atoms with Crippen molar-refractivity contribution in [2.24, 2.45) is 5.92 Å². The Kier molecular flexibility index (Phi) is 4.55. The molecule has 0 radical (unpaired) electrons. The highest BCUT2D eigenvalue weighted by molar-refractivity contribution is 5.40. The van der Waals surface area contributed by atoms with Gasteiger partial charge in [0.1, 0.15) is 11.6 Å². The zero-order valence-corrected chi connectivity index (χ0v) is 10.3. The predicted octanol–water partition coefficient (Wildman–Crippen LogP) is 1.75. The molecule has 94 valence electrons. The summed E-state index contributed by atoms with van der Waals surface area (Å²) in [5.41, 5.74) is 0. The van der Waals surface area contributed by atoms with Crippen LogP contribution in [0.3, 0.4) is 0 Å². The molecule has 5 heteroatoms. The van der Waals surface area contributed by atoms with Crippen LogP contribution in [0.5, 0.6) is 0 Å². The summed E-state index contributed by atoms with van der Waals surface area (Å²) in [6, 6.07) is 0. The second kappa shape index (κ2) is 6.39. The Morgan fingerprint density at radius 2 is 2.18 bits per heavy atom. The third-order valence-electron chi connectivity index (χ3n) is 2.71. The van der Waals surface area contributed by atoms with Crippen LogP contribution in [0.15, 0.2) is 12.4 Å². The van der Waals surface area contributed by atoms with Crippen LogP contribution in [0.2, 0.25) is 0 Å². The fourth-order valence-electron chi connectivity index (χ4n) is 1.50. The lowest BCUT2D eigenvalue weighted by atomic mass is 10.4. The number of nitrogens with one attached hydrogen (secondary N) is 2. The fourth-order valence-corrected chi connectivity index (χ4v) is 1.50. The molecule has 2 rings (SSSR count). The van der Waals surface area contributed by atoms with Crippen LogP contribution < -0.4 is 10.6 Å². The summed E-state index contributed by atoms with van der Waals surface area (Å²) < 4.78 is 5.55. The lowest BCUT2D eigenvalue weighted by molar-refractivity contribution is 0.124. The van der Waals surface area contributed by atoms with Crippen molar-refractivity contribution in [3.05, 3.63) is 12.4 Å². The Labute approximate surface area is 102 Å². The summed E-state index contributed by atoms with van der Waals surface area (Å²) in [7, 11) is 1.83. The van der Waals surface area contributed by atoms with Crippen LogP contribution in [0.1, 0.15) is 19.3 Å². The maximum absolute atomic E-state index is 5.55. The monoisotopic (exact) mass is 236 g/mol.